The molecule has 1 rings (SSSR count). The third kappa shape index (κ3) is 1.96. The highest BCUT2D eigenvalue weighted by Crippen LogP contribution is 2.23. The molecule has 1 N–H and O–H groups in total. The molecular formula is C11H14N2. The Hall–Kier alpha value is -1.57. The largest absolute Gasteiger partial charge is 0.340 e. The van der Waals surface area contributed by atoms with E-state index < -0.39 is 0 Å². The number of aliphatic imine (C=N–C) groups is 1. The molecule has 0 bridgehead atoms. The highest BCUT2D eigenvalue weighted by Gasteiger charge is 2.03. The van der Waals surface area contributed by atoms with Crippen LogP contribution in [-0.2, 0) is 0 Å². The van der Waals surface area contributed by atoms with Gasteiger partial charge in [0.2, 0.25) is 0 Å². The van der Waals surface area contributed by atoms with Crippen molar-refractivity contribution < 1.29 is 0 Å². The van der Waals surface area contributed by atoms with Gasteiger partial charge < -0.3 is 4.98 Å². The van der Waals surface area contributed by atoms with Crippen LogP contribution in [0.5, 0.6) is 0 Å². The van der Waals surface area contributed by atoms with E-state index in [0.29, 0.717) is 0 Å². The molecule has 0 unspecified atom stereocenters. The molecule has 1 aromatic heterocycles. The van der Waals surface area contributed by atoms with E-state index in [-0.39, 0.29) is 0 Å². The molecular weight excluding hydrogens is 160 g/mol. The third-order valence-electron chi connectivity index (χ3n) is 1.76. The van der Waals surface area contributed by atoms with Crippen LogP contribution in [0.1, 0.15) is 25.1 Å². The van der Waals surface area contributed by atoms with Gasteiger partial charge in [0.1, 0.15) is 5.82 Å². The maximum absolute atomic E-state index is 4.19. The van der Waals surface area contributed by atoms with Crippen LogP contribution in [0, 0.1) is 0 Å². The van der Waals surface area contributed by atoms with Crippen LogP contribution >= 0.6 is 0 Å². The zero-order chi connectivity index (χ0) is 9.84. The van der Waals surface area contributed by atoms with Crippen LogP contribution in [0.25, 0.3) is 11.6 Å². The maximum Gasteiger partial charge on any atom is 0.137 e. The molecule has 0 aliphatic heterocycles. The molecule has 0 amide bonds. The molecule has 0 aliphatic rings. The average molecular weight is 174 g/mol. The van der Waals surface area contributed by atoms with Crippen LogP contribution in [-0.4, -0.2) is 11.2 Å². The van der Waals surface area contributed by atoms with E-state index >= 15 is 0 Å². The van der Waals surface area contributed by atoms with E-state index in [4.69, 9.17) is 0 Å². The Balaban J connectivity index is 3.18. The smallest absolute Gasteiger partial charge is 0.137 e. The fourth-order valence-electron chi connectivity index (χ4n) is 1.08. The minimum atomic E-state index is 0.843. The summed E-state index contributed by atoms with van der Waals surface area (Å²) in [5.74, 6) is 0.843. The molecule has 0 aliphatic carbocycles. The lowest BCUT2D eigenvalue weighted by atomic mass is 10.2. The Labute approximate surface area is 78.7 Å². The summed E-state index contributed by atoms with van der Waals surface area (Å²) >= 11 is 0. The SMILES string of the molecule is C=Cc1cc(C(=C)C)[nH]c1N=CC. The summed E-state index contributed by atoms with van der Waals surface area (Å²) < 4.78 is 0. The first-order chi connectivity index (χ1) is 6.19. The molecule has 0 atom stereocenters. The molecule has 1 heterocycles. The lowest BCUT2D eigenvalue weighted by Gasteiger charge is -1.91. The summed E-state index contributed by atoms with van der Waals surface area (Å²) in [4.78, 5) is 7.35. The van der Waals surface area contributed by atoms with Crippen LogP contribution in [0.3, 0.4) is 0 Å². The summed E-state index contributed by atoms with van der Waals surface area (Å²) in [5.41, 5.74) is 3.02. The van der Waals surface area contributed by atoms with Crippen LogP contribution in [0.4, 0.5) is 5.82 Å². The van der Waals surface area contributed by atoms with Gasteiger partial charge in [0, 0.05) is 17.5 Å². The topological polar surface area (TPSA) is 28.1 Å². The molecule has 13 heavy (non-hydrogen) atoms. The van der Waals surface area contributed by atoms with Gasteiger partial charge in [-0.15, -0.1) is 0 Å². The van der Waals surface area contributed by atoms with E-state index in [9.17, 15) is 0 Å². The van der Waals surface area contributed by atoms with E-state index in [1.54, 1.807) is 12.3 Å². The minimum Gasteiger partial charge on any atom is -0.340 e. The summed E-state index contributed by atoms with van der Waals surface area (Å²) in [6, 6.07) is 2.00. The highest BCUT2D eigenvalue weighted by atomic mass is 14.9. The van der Waals surface area contributed by atoms with Crippen molar-refractivity contribution in [3.63, 3.8) is 0 Å². The van der Waals surface area contributed by atoms with Crippen molar-refractivity contribution in [3.8, 4) is 0 Å². The molecule has 0 saturated carbocycles. The standard InChI is InChI=1S/C11H14N2/c1-5-9-7-10(8(3)4)13-11(9)12-6-2/h5-7,13H,1,3H2,2,4H3. The maximum atomic E-state index is 4.19. The number of aromatic amines is 1. The van der Waals surface area contributed by atoms with Gasteiger partial charge in [0.05, 0.1) is 0 Å². The number of nitrogens with one attached hydrogen (secondary N) is 1. The molecule has 0 saturated heterocycles. The van der Waals surface area contributed by atoms with Crippen molar-refractivity contribution in [1.29, 1.82) is 0 Å². The zero-order valence-electron chi connectivity index (χ0n) is 8.09. The number of H-pyrrole nitrogens is 1. The van der Waals surface area contributed by atoms with Crippen molar-refractivity contribution in [2.75, 3.05) is 0 Å². The molecule has 2 nitrogen and oxygen atoms in total. The number of aromatic nitrogens is 1. The molecule has 68 valence electrons. The number of hydrogen-bond acceptors (Lipinski definition) is 1. The van der Waals surface area contributed by atoms with Gasteiger partial charge >= 0.3 is 0 Å². The van der Waals surface area contributed by atoms with Crippen molar-refractivity contribution in [3.05, 3.63) is 30.5 Å². The minimum absolute atomic E-state index is 0.843. The van der Waals surface area contributed by atoms with Crippen molar-refractivity contribution >= 4 is 23.7 Å². The number of allylic oxidation sites excluding steroid dienone is 1. The van der Waals surface area contributed by atoms with E-state index in [1.807, 2.05) is 19.9 Å². The Morgan fingerprint density at radius 3 is 2.77 bits per heavy atom. The molecule has 2 heteroatoms. The normalized spacial score (nSPS) is 10.6. The third-order valence-corrected chi connectivity index (χ3v) is 1.76. The number of nitrogens with zero attached hydrogens (tertiary/aromatic N) is 1. The molecule has 0 fully saturated rings. The summed E-state index contributed by atoms with van der Waals surface area (Å²) in [6.07, 6.45) is 3.53. The molecule has 1 aromatic rings. The van der Waals surface area contributed by atoms with Crippen LogP contribution < -0.4 is 0 Å². The highest BCUT2D eigenvalue weighted by molar-refractivity contribution is 5.72. The predicted molar refractivity (Wildman–Crippen MR) is 59.4 cm³/mol. The Bertz CT molecular complexity index is 356. The average Bonchev–Trinajstić information content (AvgIpc) is 2.48. The number of hydrogen-bond donors (Lipinski definition) is 1. The van der Waals surface area contributed by atoms with Gasteiger partial charge in [-0.05, 0) is 25.5 Å². The number of rotatable bonds is 3. The van der Waals surface area contributed by atoms with E-state index in [2.05, 4.69) is 23.1 Å². The predicted octanol–water partition coefficient (Wildman–Crippen LogP) is 3.41. The lowest BCUT2D eigenvalue weighted by Crippen LogP contribution is -1.74. The fourth-order valence-corrected chi connectivity index (χ4v) is 1.08. The van der Waals surface area contributed by atoms with Crippen molar-refractivity contribution in [1.82, 2.24) is 4.98 Å². The van der Waals surface area contributed by atoms with Gasteiger partial charge in [-0.25, -0.2) is 4.99 Å². The Morgan fingerprint density at radius 2 is 2.31 bits per heavy atom. The van der Waals surface area contributed by atoms with Gasteiger partial charge in [0.15, 0.2) is 0 Å². The second kappa shape index (κ2) is 3.90. The van der Waals surface area contributed by atoms with E-state index in [1.165, 1.54) is 0 Å². The summed E-state index contributed by atoms with van der Waals surface area (Å²) in [6.45, 7) is 11.4. The second-order valence-corrected chi connectivity index (χ2v) is 2.86. The molecule has 0 spiro atoms. The van der Waals surface area contributed by atoms with E-state index in [0.717, 1.165) is 22.6 Å². The second-order valence-electron chi connectivity index (χ2n) is 2.86. The first-order valence-corrected chi connectivity index (χ1v) is 4.19. The fraction of sp³-hybridized carbons (Fsp3) is 0.182. The molecule has 0 aromatic carbocycles. The quantitative estimate of drug-likeness (QED) is 0.680. The first kappa shape index (κ1) is 9.52. The Morgan fingerprint density at radius 1 is 1.62 bits per heavy atom. The summed E-state index contributed by atoms with van der Waals surface area (Å²) in [7, 11) is 0. The van der Waals surface area contributed by atoms with Crippen molar-refractivity contribution in [2.24, 2.45) is 4.99 Å². The zero-order valence-corrected chi connectivity index (χ0v) is 8.09. The van der Waals surface area contributed by atoms with Gasteiger partial charge in [-0.1, -0.05) is 19.2 Å². The van der Waals surface area contributed by atoms with Gasteiger partial charge in [-0.2, -0.15) is 0 Å². The Kier molecular flexibility index (Phi) is 2.85. The molecule has 0 radical (unpaired) electrons. The van der Waals surface area contributed by atoms with Gasteiger partial charge in [0.25, 0.3) is 0 Å². The van der Waals surface area contributed by atoms with Crippen LogP contribution in [0.2, 0.25) is 0 Å². The van der Waals surface area contributed by atoms with Crippen molar-refractivity contribution in [2.45, 2.75) is 13.8 Å². The van der Waals surface area contributed by atoms with Crippen LogP contribution in [0.15, 0.2) is 24.2 Å². The summed E-state index contributed by atoms with van der Waals surface area (Å²) in [5, 5.41) is 0. The van der Waals surface area contributed by atoms with Gasteiger partial charge in [-0.3, -0.25) is 0 Å². The lowest BCUT2D eigenvalue weighted by molar-refractivity contribution is 1.30. The first-order valence-electron chi connectivity index (χ1n) is 4.19. The monoisotopic (exact) mass is 174 g/mol.